The van der Waals surface area contributed by atoms with Gasteiger partial charge in [0, 0.05) is 50.8 Å². The minimum absolute atomic E-state index is 0.0168. The number of ketones is 1. The maximum Gasteiger partial charge on any atom is 0.220 e. The minimum Gasteiger partial charge on any atom is -0.492 e. The summed E-state index contributed by atoms with van der Waals surface area (Å²) < 4.78 is 11.3. The Balaban J connectivity index is 1.36. The van der Waals surface area contributed by atoms with Crippen molar-refractivity contribution in [2.75, 3.05) is 33.4 Å². The van der Waals surface area contributed by atoms with Crippen LogP contribution in [0, 0.1) is 0 Å². The first-order chi connectivity index (χ1) is 15.1. The van der Waals surface area contributed by atoms with Gasteiger partial charge in [-0.1, -0.05) is 42.5 Å². The second kappa shape index (κ2) is 12.2. The van der Waals surface area contributed by atoms with E-state index in [-0.39, 0.29) is 24.5 Å². The van der Waals surface area contributed by atoms with Gasteiger partial charge in [0.15, 0.2) is 5.78 Å². The van der Waals surface area contributed by atoms with Gasteiger partial charge in [-0.2, -0.15) is 0 Å². The molecule has 1 N–H and O–H groups in total. The van der Waals surface area contributed by atoms with Crippen LogP contribution in [0.1, 0.15) is 41.6 Å². The Morgan fingerprint density at radius 2 is 1.84 bits per heavy atom. The van der Waals surface area contributed by atoms with E-state index in [1.165, 1.54) is 0 Å². The Bertz CT molecular complexity index is 834. The van der Waals surface area contributed by atoms with Crippen LogP contribution < -0.4 is 10.1 Å². The van der Waals surface area contributed by atoms with E-state index < -0.39 is 0 Å². The molecule has 0 radical (unpaired) electrons. The number of hydrogen-bond donors (Lipinski definition) is 1. The molecule has 0 bridgehead atoms. The number of carbonyl (C=O) groups is 2. The number of benzene rings is 2. The third-order valence-corrected chi connectivity index (χ3v) is 5.59. The van der Waals surface area contributed by atoms with Gasteiger partial charge in [-0.15, -0.1) is 0 Å². The normalized spacial score (nSPS) is 14.4. The molecule has 0 saturated carbocycles. The smallest absolute Gasteiger partial charge is 0.220 e. The summed E-state index contributed by atoms with van der Waals surface area (Å²) in [7, 11) is 2.13. The Morgan fingerprint density at radius 1 is 1.06 bits per heavy atom. The fourth-order valence-corrected chi connectivity index (χ4v) is 3.65. The zero-order valence-electron chi connectivity index (χ0n) is 18.2. The Hall–Kier alpha value is -2.70. The van der Waals surface area contributed by atoms with Gasteiger partial charge in [-0.05, 0) is 37.6 Å². The third kappa shape index (κ3) is 7.81. The van der Waals surface area contributed by atoms with Crippen molar-refractivity contribution in [2.45, 2.75) is 38.3 Å². The lowest BCUT2D eigenvalue weighted by Gasteiger charge is -2.31. The number of Topliss-reactive ketones (excluding diaryl/α,β-unsaturated/α-hetero) is 1. The average Bonchev–Trinajstić information content (AvgIpc) is 2.82. The lowest BCUT2D eigenvalue weighted by atomic mass is 10.1. The molecule has 0 aliphatic carbocycles. The summed E-state index contributed by atoms with van der Waals surface area (Å²) in [6, 6.07) is 17.4. The first-order valence-electron chi connectivity index (χ1n) is 11.0. The van der Waals surface area contributed by atoms with E-state index in [1.54, 1.807) is 12.1 Å². The molecule has 1 aliphatic heterocycles. The molecule has 1 saturated heterocycles. The zero-order chi connectivity index (χ0) is 21.9. The Kier molecular flexibility index (Phi) is 9.06. The van der Waals surface area contributed by atoms with Gasteiger partial charge in [-0.3, -0.25) is 14.5 Å². The molecule has 0 aromatic heterocycles. The standard InChI is InChI=1S/C25H32N2O4/c1-27(22-12-15-30-16-13-22)14-17-31-23-9-5-6-20(18-23)19-26-25(29)11-10-24(28)21-7-3-2-4-8-21/h2-9,18,22H,10-17,19H2,1H3,(H,26,29). The SMILES string of the molecule is CN(CCOc1cccc(CNC(=O)CCC(=O)c2ccccc2)c1)C1CCOCC1. The lowest BCUT2D eigenvalue weighted by Crippen LogP contribution is -2.38. The first-order valence-corrected chi connectivity index (χ1v) is 11.0. The molecule has 1 fully saturated rings. The number of nitrogens with one attached hydrogen (secondary N) is 1. The molecule has 6 nitrogen and oxygen atoms in total. The van der Waals surface area contributed by atoms with E-state index in [0.29, 0.717) is 24.8 Å². The number of amides is 1. The maximum atomic E-state index is 12.1. The quantitative estimate of drug-likeness (QED) is 0.560. The van der Waals surface area contributed by atoms with Crippen LogP contribution in [0.5, 0.6) is 5.75 Å². The molecule has 166 valence electrons. The monoisotopic (exact) mass is 424 g/mol. The van der Waals surface area contributed by atoms with Crippen LogP contribution in [0.3, 0.4) is 0 Å². The summed E-state index contributed by atoms with van der Waals surface area (Å²) in [6.45, 7) is 3.57. The van der Waals surface area contributed by atoms with Crippen molar-refractivity contribution >= 4 is 11.7 Å². The van der Waals surface area contributed by atoms with Crippen LogP contribution in [0.15, 0.2) is 54.6 Å². The number of nitrogens with zero attached hydrogens (tertiary/aromatic N) is 1. The second-order valence-electron chi connectivity index (χ2n) is 7.89. The van der Waals surface area contributed by atoms with E-state index in [2.05, 4.69) is 17.3 Å². The summed E-state index contributed by atoms with van der Waals surface area (Å²) >= 11 is 0. The largest absolute Gasteiger partial charge is 0.492 e. The van der Waals surface area contributed by atoms with Gasteiger partial charge in [0.1, 0.15) is 12.4 Å². The zero-order valence-corrected chi connectivity index (χ0v) is 18.2. The van der Waals surface area contributed by atoms with Crippen molar-refractivity contribution in [3.8, 4) is 5.75 Å². The summed E-state index contributed by atoms with van der Waals surface area (Å²) in [6.07, 6.45) is 2.54. The molecular formula is C25H32N2O4. The highest BCUT2D eigenvalue weighted by Crippen LogP contribution is 2.15. The molecule has 2 aromatic carbocycles. The van der Waals surface area contributed by atoms with Gasteiger partial charge in [0.25, 0.3) is 0 Å². The molecule has 1 aliphatic rings. The first kappa shape index (κ1) is 23.0. The van der Waals surface area contributed by atoms with Gasteiger partial charge in [-0.25, -0.2) is 0 Å². The summed E-state index contributed by atoms with van der Waals surface area (Å²) in [4.78, 5) is 26.6. The molecule has 6 heteroatoms. The maximum absolute atomic E-state index is 12.1. The number of rotatable bonds is 11. The molecule has 0 spiro atoms. The Morgan fingerprint density at radius 3 is 2.61 bits per heavy atom. The highest BCUT2D eigenvalue weighted by molar-refractivity contribution is 5.97. The van der Waals surface area contributed by atoms with Crippen LogP contribution in [-0.2, 0) is 16.1 Å². The molecule has 1 heterocycles. The number of ether oxygens (including phenoxy) is 2. The summed E-state index contributed by atoms with van der Waals surface area (Å²) in [5.41, 5.74) is 1.61. The Labute approximate surface area is 184 Å². The highest BCUT2D eigenvalue weighted by atomic mass is 16.5. The van der Waals surface area contributed by atoms with Crippen LogP contribution >= 0.6 is 0 Å². The molecule has 2 aromatic rings. The minimum atomic E-state index is -0.131. The second-order valence-corrected chi connectivity index (χ2v) is 7.89. The van der Waals surface area contributed by atoms with Crippen molar-refractivity contribution in [1.82, 2.24) is 10.2 Å². The summed E-state index contributed by atoms with van der Waals surface area (Å²) in [5, 5.41) is 2.88. The predicted octanol–water partition coefficient (Wildman–Crippen LogP) is 3.46. The fourth-order valence-electron chi connectivity index (χ4n) is 3.65. The molecular weight excluding hydrogens is 392 g/mol. The van der Waals surface area contributed by atoms with Crippen LogP contribution in [0.4, 0.5) is 0 Å². The van der Waals surface area contributed by atoms with E-state index in [4.69, 9.17) is 9.47 Å². The number of likely N-dealkylation sites (N-methyl/N-ethyl adjacent to an activating group) is 1. The van der Waals surface area contributed by atoms with E-state index >= 15 is 0 Å². The van der Waals surface area contributed by atoms with Crippen LogP contribution in [0.25, 0.3) is 0 Å². The molecule has 31 heavy (non-hydrogen) atoms. The average molecular weight is 425 g/mol. The predicted molar refractivity (Wildman–Crippen MR) is 120 cm³/mol. The van der Waals surface area contributed by atoms with E-state index in [1.807, 2.05) is 42.5 Å². The summed E-state index contributed by atoms with van der Waals surface area (Å²) in [5.74, 6) is 0.650. The number of hydrogen-bond acceptors (Lipinski definition) is 5. The van der Waals surface area contributed by atoms with Gasteiger partial charge in [0.05, 0.1) is 0 Å². The van der Waals surface area contributed by atoms with E-state index in [9.17, 15) is 9.59 Å². The van der Waals surface area contributed by atoms with E-state index in [0.717, 1.165) is 43.9 Å². The van der Waals surface area contributed by atoms with Crippen molar-refractivity contribution in [3.63, 3.8) is 0 Å². The number of carbonyl (C=O) groups excluding carboxylic acids is 2. The van der Waals surface area contributed by atoms with Crippen molar-refractivity contribution < 1.29 is 19.1 Å². The van der Waals surface area contributed by atoms with Gasteiger partial charge >= 0.3 is 0 Å². The lowest BCUT2D eigenvalue weighted by molar-refractivity contribution is -0.121. The topological polar surface area (TPSA) is 67.9 Å². The molecule has 1 amide bonds. The van der Waals surface area contributed by atoms with Gasteiger partial charge < -0.3 is 14.8 Å². The van der Waals surface area contributed by atoms with Gasteiger partial charge in [0.2, 0.25) is 5.91 Å². The van der Waals surface area contributed by atoms with Crippen LogP contribution in [0.2, 0.25) is 0 Å². The van der Waals surface area contributed by atoms with Crippen molar-refractivity contribution in [3.05, 3.63) is 65.7 Å². The van der Waals surface area contributed by atoms with Crippen molar-refractivity contribution in [2.24, 2.45) is 0 Å². The molecule has 0 atom stereocenters. The third-order valence-electron chi connectivity index (χ3n) is 5.59. The molecule has 0 unspecified atom stereocenters. The fraction of sp³-hybridized carbons (Fsp3) is 0.440. The highest BCUT2D eigenvalue weighted by Gasteiger charge is 2.18. The molecule has 3 rings (SSSR count). The van der Waals surface area contributed by atoms with Crippen LogP contribution in [-0.4, -0.2) is 56.0 Å². The van der Waals surface area contributed by atoms with Crippen molar-refractivity contribution in [1.29, 1.82) is 0 Å².